The summed E-state index contributed by atoms with van der Waals surface area (Å²) in [5, 5.41) is 4.40. The molecule has 51 heavy (non-hydrogen) atoms. The van der Waals surface area contributed by atoms with Gasteiger partial charge in [-0.2, -0.15) is 0 Å². The number of para-hydroxylation sites is 1. The standard InChI is InChI=1S/C47H30N2O2/c1-3-12-33(13-4-1)39-17-9-10-18-41(39)49(38-25-21-31-11-7-8-16-35(31)29-38)37-23-19-32(20-24-37)36-22-26-42-40(30-36)45-43(50-42)27-28-44-46(45)48-47(51-44)34-14-5-2-6-15-34/h1-30H. The number of anilines is 3. The lowest BCUT2D eigenvalue weighted by molar-refractivity contribution is 0.619. The van der Waals surface area contributed by atoms with Crippen molar-refractivity contribution < 1.29 is 8.83 Å². The number of furan rings is 1. The third kappa shape index (κ3) is 5.04. The normalized spacial score (nSPS) is 11.5. The first-order valence-electron chi connectivity index (χ1n) is 17.1. The fourth-order valence-electron chi connectivity index (χ4n) is 7.21. The van der Waals surface area contributed by atoms with Crippen LogP contribution in [0.15, 0.2) is 191 Å². The molecule has 10 aromatic rings. The minimum atomic E-state index is 0.601. The summed E-state index contributed by atoms with van der Waals surface area (Å²) in [7, 11) is 0. The molecule has 0 fully saturated rings. The molecule has 0 saturated heterocycles. The predicted octanol–water partition coefficient (Wildman–Crippen LogP) is 13.4. The van der Waals surface area contributed by atoms with E-state index in [1.165, 1.54) is 21.9 Å². The van der Waals surface area contributed by atoms with E-state index in [0.717, 1.165) is 66.8 Å². The number of oxazole rings is 1. The van der Waals surface area contributed by atoms with Crippen LogP contribution in [0.2, 0.25) is 0 Å². The molecule has 0 bridgehead atoms. The monoisotopic (exact) mass is 654 g/mol. The van der Waals surface area contributed by atoms with Gasteiger partial charge in [-0.1, -0.05) is 115 Å². The van der Waals surface area contributed by atoms with Gasteiger partial charge in [-0.05, 0) is 94.2 Å². The molecule has 4 heteroatoms. The van der Waals surface area contributed by atoms with Crippen molar-refractivity contribution in [1.29, 1.82) is 0 Å². The van der Waals surface area contributed by atoms with Crippen LogP contribution in [0, 0.1) is 0 Å². The van der Waals surface area contributed by atoms with Crippen molar-refractivity contribution in [2.75, 3.05) is 4.90 Å². The second-order valence-corrected chi connectivity index (χ2v) is 12.8. The smallest absolute Gasteiger partial charge is 0.227 e. The van der Waals surface area contributed by atoms with Crippen LogP contribution in [-0.4, -0.2) is 4.98 Å². The molecule has 0 aliphatic carbocycles. The first-order valence-corrected chi connectivity index (χ1v) is 17.1. The molecule has 4 nitrogen and oxygen atoms in total. The van der Waals surface area contributed by atoms with Crippen LogP contribution in [0.1, 0.15) is 0 Å². The molecule has 0 unspecified atom stereocenters. The van der Waals surface area contributed by atoms with Crippen molar-refractivity contribution in [2.24, 2.45) is 0 Å². The van der Waals surface area contributed by atoms with Crippen molar-refractivity contribution in [1.82, 2.24) is 4.98 Å². The Morgan fingerprint density at radius 3 is 1.88 bits per heavy atom. The molecule has 0 radical (unpaired) electrons. The molecule has 0 atom stereocenters. The predicted molar refractivity (Wildman–Crippen MR) is 210 cm³/mol. The Hall–Kier alpha value is -6.91. The number of rotatable bonds is 6. The zero-order valence-corrected chi connectivity index (χ0v) is 27.5. The highest BCUT2D eigenvalue weighted by Crippen LogP contribution is 2.43. The van der Waals surface area contributed by atoms with Gasteiger partial charge in [-0.25, -0.2) is 4.98 Å². The van der Waals surface area contributed by atoms with Gasteiger partial charge in [0.2, 0.25) is 5.89 Å². The van der Waals surface area contributed by atoms with Gasteiger partial charge in [0.25, 0.3) is 0 Å². The molecule has 0 amide bonds. The number of hydrogen-bond acceptors (Lipinski definition) is 4. The zero-order valence-electron chi connectivity index (χ0n) is 27.5. The van der Waals surface area contributed by atoms with Gasteiger partial charge in [0.15, 0.2) is 5.58 Å². The fourth-order valence-corrected chi connectivity index (χ4v) is 7.21. The third-order valence-electron chi connectivity index (χ3n) is 9.69. The van der Waals surface area contributed by atoms with E-state index in [4.69, 9.17) is 13.8 Å². The summed E-state index contributed by atoms with van der Waals surface area (Å²) < 4.78 is 12.5. The summed E-state index contributed by atoms with van der Waals surface area (Å²) in [5.74, 6) is 0.601. The number of fused-ring (bicyclic) bond motifs is 6. The van der Waals surface area contributed by atoms with E-state index in [2.05, 4.69) is 144 Å². The van der Waals surface area contributed by atoms with Crippen molar-refractivity contribution in [3.8, 4) is 33.7 Å². The van der Waals surface area contributed by atoms with Crippen LogP contribution in [0.25, 0.3) is 77.5 Å². The Balaban J connectivity index is 1.09. The van der Waals surface area contributed by atoms with Gasteiger partial charge in [-0.3, -0.25) is 0 Å². The van der Waals surface area contributed by atoms with Gasteiger partial charge < -0.3 is 13.7 Å². The highest BCUT2D eigenvalue weighted by Gasteiger charge is 2.19. The van der Waals surface area contributed by atoms with E-state index in [9.17, 15) is 0 Å². The molecule has 2 aromatic heterocycles. The number of nitrogens with zero attached hydrogens (tertiary/aromatic N) is 2. The van der Waals surface area contributed by atoms with E-state index in [-0.39, 0.29) is 0 Å². The average Bonchev–Trinajstić information content (AvgIpc) is 3.81. The molecular formula is C47H30N2O2. The summed E-state index contributed by atoms with van der Waals surface area (Å²) in [5.41, 5.74) is 11.9. The van der Waals surface area contributed by atoms with Gasteiger partial charge >= 0.3 is 0 Å². The molecule has 0 aliphatic heterocycles. The maximum Gasteiger partial charge on any atom is 0.227 e. The highest BCUT2D eigenvalue weighted by atomic mass is 16.4. The number of benzene rings is 8. The van der Waals surface area contributed by atoms with Crippen molar-refractivity contribution in [3.63, 3.8) is 0 Å². The van der Waals surface area contributed by atoms with E-state index in [0.29, 0.717) is 5.89 Å². The summed E-state index contributed by atoms with van der Waals surface area (Å²) >= 11 is 0. The summed E-state index contributed by atoms with van der Waals surface area (Å²) in [6.45, 7) is 0. The Kier molecular flexibility index (Phi) is 6.78. The number of hydrogen-bond donors (Lipinski definition) is 0. The SMILES string of the molecule is c1ccc(-c2nc3c(ccc4oc5ccc(-c6ccc(N(c7ccc8ccccc8c7)c7ccccc7-c7ccccc7)cc6)cc5c43)o2)cc1. The van der Waals surface area contributed by atoms with E-state index in [1.54, 1.807) is 0 Å². The Morgan fingerprint density at radius 1 is 0.412 bits per heavy atom. The number of aromatic nitrogens is 1. The van der Waals surface area contributed by atoms with Crippen LogP contribution in [0.5, 0.6) is 0 Å². The average molecular weight is 655 g/mol. The minimum Gasteiger partial charge on any atom is -0.456 e. The van der Waals surface area contributed by atoms with Crippen LogP contribution in [-0.2, 0) is 0 Å². The van der Waals surface area contributed by atoms with Crippen LogP contribution in [0.4, 0.5) is 17.1 Å². The quantitative estimate of drug-likeness (QED) is 0.179. The second kappa shape index (κ2) is 11.9. The summed E-state index contributed by atoms with van der Waals surface area (Å²) in [4.78, 5) is 7.30. The molecule has 0 aliphatic rings. The highest BCUT2D eigenvalue weighted by molar-refractivity contribution is 6.17. The molecule has 0 saturated carbocycles. The van der Waals surface area contributed by atoms with Crippen molar-refractivity contribution in [3.05, 3.63) is 182 Å². The largest absolute Gasteiger partial charge is 0.456 e. The Labute approximate surface area is 294 Å². The van der Waals surface area contributed by atoms with Crippen molar-refractivity contribution in [2.45, 2.75) is 0 Å². The van der Waals surface area contributed by atoms with Gasteiger partial charge in [0.05, 0.1) is 11.1 Å². The molecule has 0 spiro atoms. The van der Waals surface area contributed by atoms with E-state index in [1.807, 2.05) is 42.5 Å². The van der Waals surface area contributed by atoms with Crippen molar-refractivity contribution >= 4 is 60.9 Å². The maximum absolute atomic E-state index is 6.30. The van der Waals surface area contributed by atoms with Gasteiger partial charge in [-0.15, -0.1) is 0 Å². The van der Waals surface area contributed by atoms with Crippen LogP contribution in [0.3, 0.4) is 0 Å². The maximum atomic E-state index is 6.30. The fraction of sp³-hybridized carbons (Fsp3) is 0. The zero-order chi connectivity index (χ0) is 33.7. The first-order chi connectivity index (χ1) is 25.3. The lowest BCUT2D eigenvalue weighted by atomic mass is 10.00. The van der Waals surface area contributed by atoms with Crippen LogP contribution >= 0.6 is 0 Å². The Bertz CT molecular complexity index is 2850. The van der Waals surface area contributed by atoms with Gasteiger partial charge in [0, 0.05) is 27.9 Å². The molecule has 2 heterocycles. The second-order valence-electron chi connectivity index (χ2n) is 12.8. The lowest BCUT2D eigenvalue weighted by Crippen LogP contribution is -2.11. The molecule has 10 rings (SSSR count). The lowest BCUT2D eigenvalue weighted by Gasteiger charge is -2.28. The minimum absolute atomic E-state index is 0.601. The first kappa shape index (κ1) is 29.0. The van der Waals surface area contributed by atoms with Crippen LogP contribution < -0.4 is 4.90 Å². The summed E-state index contributed by atoms with van der Waals surface area (Å²) in [6, 6.07) is 63.6. The Morgan fingerprint density at radius 2 is 1.06 bits per heavy atom. The molecule has 240 valence electrons. The molecular weight excluding hydrogens is 625 g/mol. The third-order valence-corrected chi connectivity index (χ3v) is 9.69. The summed E-state index contributed by atoms with van der Waals surface area (Å²) in [6.07, 6.45) is 0. The van der Waals surface area contributed by atoms with E-state index < -0.39 is 0 Å². The topological polar surface area (TPSA) is 42.4 Å². The molecule has 8 aromatic carbocycles. The molecule has 0 N–H and O–H groups in total. The van der Waals surface area contributed by atoms with E-state index >= 15 is 0 Å². The van der Waals surface area contributed by atoms with Gasteiger partial charge in [0.1, 0.15) is 16.7 Å².